The van der Waals surface area contributed by atoms with Crippen LogP contribution in [0.1, 0.15) is 39.7 Å². The molecular weight excluding hydrogens is 374 g/mol. The van der Waals surface area contributed by atoms with Crippen molar-refractivity contribution in [3.63, 3.8) is 0 Å². The number of nitrogens with zero attached hydrogens (tertiary/aromatic N) is 1. The number of aryl methyl sites for hydroxylation is 1. The highest BCUT2D eigenvalue weighted by molar-refractivity contribution is 9.10. The van der Waals surface area contributed by atoms with Crippen molar-refractivity contribution in [2.75, 3.05) is 6.61 Å². The van der Waals surface area contributed by atoms with Gasteiger partial charge in [-0.05, 0) is 58.4 Å². The Labute approximate surface area is 151 Å². The minimum atomic E-state index is -0.382. The number of rotatable bonds is 6. The van der Waals surface area contributed by atoms with Crippen LogP contribution in [0.25, 0.3) is 0 Å². The fraction of sp³-hybridized carbons (Fsp3) is 0.471. The molecule has 0 heterocycles. The van der Waals surface area contributed by atoms with Crippen molar-refractivity contribution in [3.8, 4) is 5.75 Å². The number of amides is 2. The van der Waals surface area contributed by atoms with Gasteiger partial charge in [0.15, 0.2) is 6.61 Å². The average Bonchev–Trinajstić information content (AvgIpc) is 2.42. The second kappa shape index (κ2) is 8.82. The van der Waals surface area contributed by atoms with Crippen molar-refractivity contribution >= 4 is 33.5 Å². The second-order valence-corrected chi connectivity index (χ2v) is 7.47. The van der Waals surface area contributed by atoms with Gasteiger partial charge in [0.05, 0.1) is 6.42 Å². The molecule has 0 unspecified atom stereocenters. The van der Waals surface area contributed by atoms with E-state index >= 15 is 0 Å². The first-order valence-electron chi connectivity index (χ1n) is 7.59. The zero-order valence-electron chi connectivity index (χ0n) is 14.7. The summed E-state index contributed by atoms with van der Waals surface area (Å²) in [4.78, 5) is 23.5. The van der Waals surface area contributed by atoms with Crippen LogP contribution in [0.15, 0.2) is 27.8 Å². The lowest BCUT2D eigenvalue weighted by Crippen LogP contribution is -2.41. The Morgan fingerprint density at radius 2 is 1.92 bits per heavy atom. The molecule has 1 rings (SSSR count). The molecular formula is C17H24BrN3O3. The summed E-state index contributed by atoms with van der Waals surface area (Å²) in [5.74, 6) is 0.117. The van der Waals surface area contributed by atoms with Gasteiger partial charge >= 0.3 is 0 Å². The van der Waals surface area contributed by atoms with Crippen LogP contribution in [-0.4, -0.2) is 29.7 Å². The highest BCUT2D eigenvalue weighted by Crippen LogP contribution is 2.21. The molecule has 1 aromatic rings. The molecule has 0 spiro atoms. The SMILES string of the molecule is C/C(CC(=O)NC(C)(C)C)=N\NC(=O)COc1ccc(Br)cc1C. The third kappa shape index (κ3) is 8.10. The molecule has 0 aliphatic rings. The predicted octanol–water partition coefficient (Wildman–Crippen LogP) is 2.93. The van der Waals surface area contributed by atoms with E-state index < -0.39 is 0 Å². The van der Waals surface area contributed by atoms with Gasteiger partial charge in [-0.25, -0.2) is 5.43 Å². The van der Waals surface area contributed by atoms with Crippen molar-refractivity contribution in [1.29, 1.82) is 0 Å². The molecule has 2 N–H and O–H groups in total. The molecule has 0 atom stereocenters. The summed E-state index contributed by atoms with van der Waals surface area (Å²) in [6.07, 6.45) is 0.129. The van der Waals surface area contributed by atoms with E-state index in [4.69, 9.17) is 4.74 Å². The third-order valence-electron chi connectivity index (χ3n) is 2.80. The number of ether oxygens (including phenoxy) is 1. The normalized spacial score (nSPS) is 11.8. The lowest BCUT2D eigenvalue weighted by Gasteiger charge is -2.20. The molecule has 0 aromatic heterocycles. The summed E-state index contributed by atoms with van der Waals surface area (Å²) in [6.45, 7) is 9.14. The van der Waals surface area contributed by atoms with Crippen LogP contribution in [0.4, 0.5) is 0 Å². The summed E-state index contributed by atoms with van der Waals surface area (Å²) < 4.78 is 6.40. The van der Waals surface area contributed by atoms with Crippen molar-refractivity contribution in [2.45, 2.75) is 46.6 Å². The maximum atomic E-state index is 11.8. The molecule has 2 amide bonds. The lowest BCUT2D eigenvalue weighted by atomic mass is 10.1. The van der Waals surface area contributed by atoms with E-state index in [9.17, 15) is 9.59 Å². The van der Waals surface area contributed by atoms with Crippen LogP contribution in [0.3, 0.4) is 0 Å². The number of hydrazone groups is 1. The monoisotopic (exact) mass is 397 g/mol. The van der Waals surface area contributed by atoms with Gasteiger partial charge in [0.1, 0.15) is 5.75 Å². The molecule has 0 radical (unpaired) electrons. The Kier molecular flexibility index (Phi) is 7.41. The van der Waals surface area contributed by atoms with Crippen LogP contribution in [0.5, 0.6) is 5.75 Å². The third-order valence-corrected chi connectivity index (χ3v) is 3.29. The standard InChI is InChI=1S/C17H24BrN3O3/c1-11-8-13(18)6-7-14(11)24-10-16(23)21-20-12(2)9-15(22)19-17(3,4)5/h6-8H,9-10H2,1-5H3,(H,19,22)(H,21,23)/b20-12+. The number of nitrogens with one attached hydrogen (secondary N) is 2. The molecule has 1 aromatic carbocycles. The molecule has 0 saturated heterocycles. The number of carbonyl (C=O) groups is 2. The Bertz CT molecular complexity index is 636. The minimum Gasteiger partial charge on any atom is -0.483 e. The zero-order valence-corrected chi connectivity index (χ0v) is 16.3. The maximum absolute atomic E-state index is 11.8. The van der Waals surface area contributed by atoms with Gasteiger partial charge in [0, 0.05) is 15.7 Å². The van der Waals surface area contributed by atoms with Gasteiger partial charge in [0.2, 0.25) is 5.91 Å². The predicted molar refractivity (Wildman–Crippen MR) is 98.1 cm³/mol. The molecule has 132 valence electrons. The first kappa shape index (κ1) is 20.2. The Morgan fingerprint density at radius 3 is 2.50 bits per heavy atom. The Balaban J connectivity index is 2.43. The smallest absolute Gasteiger partial charge is 0.277 e. The van der Waals surface area contributed by atoms with Crippen molar-refractivity contribution in [2.24, 2.45) is 5.10 Å². The van der Waals surface area contributed by atoms with Gasteiger partial charge in [-0.3, -0.25) is 9.59 Å². The van der Waals surface area contributed by atoms with Crippen LogP contribution < -0.4 is 15.5 Å². The quantitative estimate of drug-likeness (QED) is 0.571. The minimum absolute atomic E-state index is 0.129. The highest BCUT2D eigenvalue weighted by Gasteiger charge is 2.14. The average molecular weight is 398 g/mol. The van der Waals surface area contributed by atoms with Crippen molar-refractivity contribution in [1.82, 2.24) is 10.7 Å². The van der Waals surface area contributed by atoms with E-state index in [1.54, 1.807) is 13.0 Å². The van der Waals surface area contributed by atoms with Crippen LogP contribution >= 0.6 is 15.9 Å². The number of hydrogen-bond donors (Lipinski definition) is 2. The van der Waals surface area contributed by atoms with Crippen LogP contribution in [0.2, 0.25) is 0 Å². The van der Waals surface area contributed by atoms with Gasteiger partial charge in [-0.15, -0.1) is 0 Å². The first-order chi connectivity index (χ1) is 11.1. The number of halogens is 1. The van der Waals surface area contributed by atoms with Gasteiger partial charge in [0.25, 0.3) is 5.91 Å². The number of benzene rings is 1. The molecule has 0 saturated carbocycles. The van der Waals surface area contributed by atoms with E-state index in [1.807, 2.05) is 39.8 Å². The molecule has 0 bridgehead atoms. The van der Waals surface area contributed by atoms with E-state index in [1.165, 1.54) is 0 Å². The molecule has 7 heteroatoms. The van der Waals surface area contributed by atoms with Gasteiger partial charge in [-0.2, -0.15) is 5.10 Å². The molecule has 0 fully saturated rings. The highest BCUT2D eigenvalue weighted by atomic mass is 79.9. The molecule has 0 aliphatic heterocycles. The summed E-state index contributed by atoms with van der Waals surface area (Å²) in [5.41, 5.74) is 3.54. The summed E-state index contributed by atoms with van der Waals surface area (Å²) in [6, 6.07) is 5.54. The summed E-state index contributed by atoms with van der Waals surface area (Å²) >= 11 is 3.37. The second-order valence-electron chi connectivity index (χ2n) is 6.56. The number of hydrogen-bond acceptors (Lipinski definition) is 4. The molecule has 6 nitrogen and oxygen atoms in total. The molecule has 24 heavy (non-hydrogen) atoms. The van der Waals surface area contributed by atoms with Gasteiger partial charge in [-0.1, -0.05) is 15.9 Å². The lowest BCUT2D eigenvalue weighted by molar-refractivity contribution is -0.123. The molecule has 0 aliphatic carbocycles. The van der Waals surface area contributed by atoms with Crippen LogP contribution in [0, 0.1) is 6.92 Å². The Morgan fingerprint density at radius 1 is 1.25 bits per heavy atom. The van der Waals surface area contributed by atoms with Crippen molar-refractivity contribution < 1.29 is 14.3 Å². The van der Waals surface area contributed by atoms with E-state index in [0.29, 0.717) is 11.5 Å². The topological polar surface area (TPSA) is 79.8 Å². The summed E-state index contributed by atoms with van der Waals surface area (Å²) in [7, 11) is 0. The fourth-order valence-corrected chi connectivity index (χ4v) is 2.32. The largest absolute Gasteiger partial charge is 0.483 e. The van der Waals surface area contributed by atoms with E-state index in [0.717, 1.165) is 10.0 Å². The number of carbonyl (C=O) groups excluding carboxylic acids is 2. The van der Waals surface area contributed by atoms with Crippen molar-refractivity contribution in [3.05, 3.63) is 28.2 Å². The maximum Gasteiger partial charge on any atom is 0.277 e. The Hall–Kier alpha value is -1.89. The summed E-state index contributed by atoms with van der Waals surface area (Å²) in [5, 5.41) is 6.75. The van der Waals surface area contributed by atoms with Gasteiger partial charge < -0.3 is 10.1 Å². The zero-order chi connectivity index (χ0) is 18.3. The van der Waals surface area contributed by atoms with E-state index in [-0.39, 0.29) is 30.4 Å². The first-order valence-corrected chi connectivity index (χ1v) is 8.38. The van der Waals surface area contributed by atoms with Crippen LogP contribution in [-0.2, 0) is 9.59 Å². The fourth-order valence-electron chi connectivity index (χ4n) is 1.84. The van der Waals surface area contributed by atoms with E-state index in [2.05, 4.69) is 31.8 Å².